The molecule has 0 unspecified atom stereocenters. The molecule has 0 spiro atoms. The Hall–Kier alpha value is -0.778. The molecule has 0 heterocycles. The fourth-order valence-electron chi connectivity index (χ4n) is 0.529. The molecule has 0 aliphatic heterocycles. The van der Waals surface area contributed by atoms with E-state index in [1.165, 1.54) is 12.1 Å². The third-order valence-corrected chi connectivity index (χ3v) is 0.965. The van der Waals surface area contributed by atoms with Gasteiger partial charge in [0.05, 0.1) is 5.56 Å². The van der Waals surface area contributed by atoms with Crippen LogP contribution in [0, 0.1) is 6.07 Å². The first-order valence-corrected chi connectivity index (χ1v) is 2.50. The summed E-state index contributed by atoms with van der Waals surface area (Å²) in [4.78, 5) is 10.2. The number of carbonyl (C=O) groups is 1. The average molecular weight is 173 g/mol. The van der Waals surface area contributed by atoms with E-state index < -0.39 is 5.97 Å². The van der Waals surface area contributed by atoms with Crippen molar-refractivity contribution in [3.8, 4) is 0 Å². The second kappa shape index (κ2) is 4.10. The predicted molar refractivity (Wildman–Crippen MR) is 32.2 cm³/mol. The fraction of sp³-hybridized carbons (Fsp3) is 0. The summed E-state index contributed by atoms with van der Waals surface area (Å²) < 4.78 is 0. The van der Waals surface area contributed by atoms with Gasteiger partial charge in [-0.2, -0.15) is 0 Å². The van der Waals surface area contributed by atoms with Crippen molar-refractivity contribution in [2.45, 2.75) is 0 Å². The Morgan fingerprint density at radius 1 is 1.40 bits per heavy atom. The van der Waals surface area contributed by atoms with Crippen molar-refractivity contribution >= 4 is 5.97 Å². The van der Waals surface area contributed by atoms with Crippen LogP contribution < -0.4 is 0 Å². The number of benzene rings is 1. The molecule has 1 rings (SSSR count). The van der Waals surface area contributed by atoms with Crippen molar-refractivity contribution in [3.63, 3.8) is 0 Å². The zero-order valence-electron chi connectivity index (χ0n) is 5.07. The largest absolute Gasteiger partial charge is 0.478 e. The van der Waals surface area contributed by atoms with Crippen LogP contribution in [0.2, 0.25) is 0 Å². The third-order valence-electron chi connectivity index (χ3n) is 0.965. The first-order valence-electron chi connectivity index (χ1n) is 2.50. The Morgan fingerprint density at radius 2 is 1.90 bits per heavy atom. The van der Waals surface area contributed by atoms with Crippen LogP contribution in [0.15, 0.2) is 24.3 Å². The molecule has 0 atom stereocenters. The van der Waals surface area contributed by atoms with Gasteiger partial charge < -0.3 is 5.11 Å². The van der Waals surface area contributed by atoms with Crippen LogP contribution in [0.1, 0.15) is 10.4 Å². The van der Waals surface area contributed by atoms with E-state index in [0.717, 1.165) is 0 Å². The molecule has 1 N–H and O–H groups in total. The normalized spacial score (nSPS) is 8.00. The molecule has 3 heteroatoms. The number of carboxylic acids is 1. The first-order chi connectivity index (χ1) is 4.30. The zero-order chi connectivity index (χ0) is 6.69. The molecule has 0 amide bonds. The van der Waals surface area contributed by atoms with Crippen LogP contribution in [-0.4, -0.2) is 11.1 Å². The summed E-state index contributed by atoms with van der Waals surface area (Å²) in [5.74, 6) is -0.899. The van der Waals surface area contributed by atoms with E-state index in [0.29, 0.717) is 5.56 Å². The molecule has 51 valence electrons. The van der Waals surface area contributed by atoms with Crippen molar-refractivity contribution in [2.24, 2.45) is 0 Å². The Morgan fingerprint density at radius 3 is 2.20 bits per heavy atom. The van der Waals surface area contributed by atoms with Gasteiger partial charge in [0, 0.05) is 17.4 Å². The van der Waals surface area contributed by atoms with Crippen molar-refractivity contribution in [3.05, 3.63) is 35.9 Å². The topological polar surface area (TPSA) is 37.3 Å². The molecule has 2 nitrogen and oxygen atoms in total. The number of aromatic carboxylic acids is 1. The van der Waals surface area contributed by atoms with Gasteiger partial charge in [-0.3, -0.25) is 0 Å². The van der Waals surface area contributed by atoms with Crippen molar-refractivity contribution in [1.29, 1.82) is 0 Å². The summed E-state index contributed by atoms with van der Waals surface area (Å²) in [5.41, 5.74) is 0.300. The van der Waals surface area contributed by atoms with Crippen LogP contribution in [-0.2, 0) is 17.4 Å². The molecule has 0 aliphatic carbocycles. The quantitative estimate of drug-likeness (QED) is 0.692. The fourth-order valence-corrected chi connectivity index (χ4v) is 0.529. The Kier molecular flexibility index (Phi) is 3.79. The second-order valence-electron chi connectivity index (χ2n) is 1.59. The van der Waals surface area contributed by atoms with Crippen LogP contribution >= 0.6 is 0 Å². The maximum Gasteiger partial charge on any atom is 0.335 e. The molecule has 0 saturated heterocycles. The molecular formula is C7H5CrO2. The van der Waals surface area contributed by atoms with Crippen LogP contribution in [0.25, 0.3) is 0 Å². The van der Waals surface area contributed by atoms with Gasteiger partial charge in [-0.1, -0.05) is 12.1 Å². The van der Waals surface area contributed by atoms with Crippen LogP contribution in [0.4, 0.5) is 0 Å². The van der Waals surface area contributed by atoms with Gasteiger partial charge in [-0.25, -0.2) is 4.79 Å². The van der Waals surface area contributed by atoms with Gasteiger partial charge in [0.25, 0.3) is 0 Å². The number of hydrogen-bond donors (Lipinski definition) is 1. The van der Waals surface area contributed by atoms with E-state index in [2.05, 4.69) is 6.07 Å². The minimum Gasteiger partial charge on any atom is -0.478 e. The van der Waals surface area contributed by atoms with E-state index in [1.807, 2.05) is 0 Å². The molecule has 10 heavy (non-hydrogen) atoms. The predicted octanol–water partition coefficient (Wildman–Crippen LogP) is 1.18. The summed E-state index contributed by atoms with van der Waals surface area (Å²) in [6.45, 7) is 0. The minimum atomic E-state index is -0.899. The van der Waals surface area contributed by atoms with E-state index in [4.69, 9.17) is 5.11 Å². The molecular weight excluding hydrogens is 168 g/mol. The summed E-state index contributed by atoms with van der Waals surface area (Å²) in [6.07, 6.45) is 0. The van der Waals surface area contributed by atoms with Gasteiger partial charge >= 0.3 is 5.97 Å². The van der Waals surface area contributed by atoms with E-state index >= 15 is 0 Å². The average Bonchev–Trinajstić information content (AvgIpc) is 1.90. The van der Waals surface area contributed by atoms with Gasteiger partial charge in [0.2, 0.25) is 0 Å². The smallest absolute Gasteiger partial charge is 0.335 e. The molecule has 0 aromatic heterocycles. The SMILES string of the molecule is O=C(O)c1cc[c]cc1.[Cr]. The molecule has 1 radical (unpaired) electrons. The second-order valence-corrected chi connectivity index (χ2v) is 1.59. The standard InChI is InChI=1S/C7H5O2.Cr/c8-7(9)6-4-2-1-3-5-6;/h2-5H,(H,8,9);. The van der Waals surface area contributed by atoms with E-state index in [9.17, 15) is 4.79 Å². The summed E-state index contributed by atoms with van der Waals surface area (Å²) in [6, 6.07) is 8.87. The molecule has 0 saturated carbocycles. The van der Waals surface area contributed by atoms with Crippen molar-refractivity contribution in [1.82, 2.24) is 0 Å². The van der Waals surface area contributed by atoms with Gasteiger partial charge in [-0.05, 0) is 18.2 Å². The van der Waals surface area contributed by atoms with Gasteiger partial charge in [-0.15, -0.1) is 0 Å². The summed E-state index contributed by atoms with van der Waals surface area (Å²) >= 11 is 0. The van der Waals surface area contributed by atoms with Crippen LogP contribution in [0.3, 0.4) is 0 Å². The maximum absolute atomic E-state index is 10.2. The van der Waals surface area contributed by atoms with Crippen LogP contribution in [0.5, 0.6) is 0 Å². The summed E-state index contributed by atoms with van der Waals surface area (Å²) in [7, 11) is 0. The number of carboxylic acid groups (broad SMARTS) is 1. The van der Waals surface area contributed by atoms with E-state index in [1.54, 1.807) is 12.1 Å². The summed E-state index contributed by atoms with van der Waals surface area (Å²) in [5, 5.41) is 8.37. The Labute approximate surface area is 69.6 Å². The zero-order valence-corrected chi connectivity index (χ0v) is 6.35. The number of hydrogen-bond acceptors (Lipinski definition) is 1. The minimum absolute atomic E-state index is 0. The molecule has 0 aliphatic rings. The van der Waals surface area contributed by atoms with Gasteiger partial charge in [0.1, 0.15) is 0 Å². The van der Waals surface area contributed by atoms with E-state index in [-0.39, 0.29) is 17.4 Å². The Balaban J connectivity index is 0.000000810. The van der Waals surface area contributed by atoms with Crippen molar-refractivity contribution < 1.29 is 27.3 Å². The molecule has 1 aromatic rings. The third kappa shape index (κ3) is 2.22. The molecule has 1 aromatic carbocycles. The molecule has 0 fully saturated rings. The maximum atomic E-state index is 10.2. The Bertz CT molecular complexity index is 208. The monoisotopic (exact) mass is 173 g/mol. The van der Waals surface area contributed by atoms with Gasteiger partial charge in [0.15, 0.2) is 0 Å². The van der Waals surface area contributed by atoms with Crippen molar-refractivity contribution in [2.75, 3.05) is 0 Å². The molecule has 0 bridgehead atoms. The first kappa shape index (κ1) is 9.22. The number of rotatable bonds is 1.